The van der Waals surface area contributed by atoms with Crippen molar-refractivity contribution < 1.29 is 0 Å². The lowest BCUT2D eigenvalue weighted by molar-refractivity contribution is 0.738. The molecule has 4 aromatic rings. The number of aryl methyl sites for hydroxylation is 4. The minimum atomic E-state index is 0.576. The second-order valence-electron chi connectivity index (χ2n) is 6.01. The molecule has 3 aromatic heterocycles. The summed E-state index contributed by atoms with van der Waals surface area (Å²) in [6.07, 6.45) is 0. The maximum Gasteiger partial charge on any atom is 0.146 e. The lowest BCUT2D eigenvalue weighted by Crippen LogP contribution is -2.00. The van der Waals surface area contributed by atoms with Gasteiger partial charge in [-0.15, -0.1) is 0 Å². The van der Waals surface area contributed by atoms with E-state index in [4.69, 9.17) is 10.7 Å². The van der Waals surface area contributed by atoms with Gasteiger partial charge in [0.15, 0.2) is 0 Å². The summed E-state index contributed by atoms with van der Waals surface area (Å²) in [6, 6.07) is 10.0. The van der Waals surface area contributed by atoms with E-state index in [9.17, 15) is 0 Å². The molecule has 7 heteroatoms. The Morgan fingerprint density at radius 3 is 2.42 bits per heavy atom. The number of fused-ring (bicyclic) bond motifs is 1. The molecule has 0 spiro atoms. The molecule has 0 aliphatic heterocycles. The molecular formula is C17H19N7. The van der Waals surface area contributed by atoms with Gasteiger partial charge in [0, 0.05) is 26.8 Å². The molecule has 0 aliphatic rings. The highest BCUT2D eigenvalue weighted by Gasteiger charge is 2.23. The first-order valence-electron chi connectivity index (χ1n) is 7.72. The lowest BCUT2D eigenvalue weighted by Gasteiger charge is -2.03. The summed E-state index contributed by atoms with van der Waals surface area (Å²) in [5.74, 6) is 1.37. The zero-order valence-corrected chi connectivity index (χ0v) is 14.1. The fraction of sp³-hybridized carbons (Fsp3) is 0.235. The zero-order valence-electron chi connectivity index (χ0n) is 14.1. The number of rotatable bonds is 2. The molecule has 0 bridgehead atoms. The normalized spacial score (nSPS) is 11.5. The van der Waals surface area contributed by atoms with Crippen LogP contribution in [0, 0.1) is 6.92 Å². The number of benzene rings is 1. The van der Waals surface area contributed by atoms with E-state index >= 15 is 0 Å². The quantitative estimate of drug-likeness (QED) is 0.614. The van der Waals surface area contributed by atoms with Crippen LogP contribution >= 0.6 is 0 Å². The van der Waals surface area contributed by atoms with E-state index in [2.05, 4.69) is 10.2 Å². The van der Waals surface area contributed by atoms with Gasteiger partial charge in [0.25, 0.3) is 0 Å². The van der Waals surface area contributed by atoms with Gasteiger partial charge >= 0.3 is 0 Å². The van der Waals surface area contributed by atoms with Gasteiger partial charge in [0.05, 0.1) is 16.6 Å². The van der Waals surface area contributed by atoms with Crippen LogP contribution < -0.4 is 5.73 Å². The van der Waals surface area contributed by atoms with E-state index in [1.165, 1.54) is 0 Å². The van der Waals surface area contributed by atoms with Crippen molar-refractivity contribution in [1.29, 1.82) is 0 Å². The van der Waals surface area contributed by atoms with E-state index in [0.717, 1.165) is 39.5 Å². The molecule has 0 saturated carbocycles. The lowest BCUT2D eigenvalue weighted by atomic mass is 10.1. The number of nitrogens with two attached hydrogens (primary N) is 1. The summed E-state index contributed by atoms with van der Waals surface area (Å²) in [5.41, 5.74) is 11.7. The van der Waals surface area contributed by atoms with Crippen molar-refractivity contribution in [1.82, 2.24) is 29.1 Å². The molecule has 4 rings (SSSR count). The van der Waals surface area contributed by atoms with Crippen LogP contribution in [0.25, 0.3) is 33.8 Å². The third-order valence-corrected chi connectivity index (χ3v) is 4.46. The maximum atomic E-state index is 6.32. The molecule has 122 valence electrons. The Bertz CT molecular complexity index is 1040. The molecule has 0 unspecified atom stereocenters. The van der Waals surface area contributed by atoms with E-state index in [-0.39, 0.29) is 0 Å². The predicted octanol–water partition coefficient (Wildman–Crippen LogP) is 2.26. The van der Waals surface area contributed by atoms with Crippen LogP contribution in [0.5, 0.6) is 0 Å². The van der Waals surface area contributed by atoms with Crippen LogP contribution in [0.1, 0.15) is 5.69 Å². The Morgan fingerprint density at radius 2 is 1.75 bits per heavy atom. The van der Waals surface area contributed by atoms with Gasteiger partial charge in [0.1, 0.15) is 23.0 Å². The van der Waals surface area contributed by atoms with Crippen LogP contribution in [0.15, 0.2) is 30.3 Å². The van der Waals surface area contributed by atoms with E-state index in [1.807, 2.05) is 67.6 Å². The van der Waals surface area contributed by atoms with Crippen LogP contribution in [-0.4, -0.2) is 29.1 Å². The van der Waals surface area contributed by atoms with Crippen LogP contribution in [-0.2, 0) is 21.1 Å². The number of nitrogen functional groups attached to an aromatic ring is 1. The third-order valence-electron chi connectivity index (χ3n) is 4.46. The van der Waals surface area contributed by atoms with Gasteiger partial charge < -0.3 is 10.3 Å². The Balaban J connectivity index is 2.02. The van der Waals surface area contributed by atoms with Crippen LogP contribution in [0.4, 0.5) is 5.82 Å². The van der Waals surface area contributed by atoms with Crippen molar-refractivity contribution in [2.75, 3.05) is 5.73 Å². The molecule has 0 amide bonds. The summed E-state index contributed by atoms with van der Waals surface area (Å²) in [5, 5.41) is 9.14. The van der Waals surface area contributed by atoms with E-state index in [0.29, 0.717) is 5.82 Å². The Morgan fingerprint density at radius 1 is 1.00 bits per heavy atom. The topological polar surface area (TPSA) is 79.5 Å². The molecule has 0 atom stereocenters. The summed E-state index contributed by atoms with van der Waals surface area (Å²) < 4.78 is 5.55. The van der Waals surface area contributed by atoms with Crippen molar-refractivity contribution in [3.63, 3.8) is 0 Å². The van der Waals surface area contributed by atoms with Crippen molar-refractivity contribution in [2.24, 2.45) is 21.1 Å². The number of hydrogen-bond acceptors (Lipinski definition) is 4. The van der Waals surface area contributed by atoms with Gasteiger partial charge in [-0.05, 0) is 25.1 Å². The van der Waals surface area contributed by atoms with Crippen molar-refractivity contribution in [3.05, 3.63) is 36.0 Å². The number of nitrogens with zero attached hydrogens (tertiary/aromatic N) is 6. The molecular weight excluding hydrogens is 302 g/mol. The van der Waals surface area contributed by atoms with E-state index in [1.54, 1.807) is 4.68 Å². The third kappa shape index (κ3) is 1.94. The molecule has 3 heterocycles. The van der Waals surface area contributed by atoms with Gasteiger partial charge in [-0.1, -0.05) is 12.1 Å². The number of hydrogen-bond donors (Lipinski definition) is 1. The number of anilines is 1. The monoisotopic (exact) mass is 321 g/mol. The number of imidazole rings is 1. The first kappa shape index (κ1) is 14.5. The summed E-state index contributed by atoms with van der Waals surface area (Å²) in [7, 11) is 5.74. The minimum Gasteiger partial charge on any atom is -0.383 e. The molecule has 24 heavy (non-hydrogen) atoms. The van der Waals surface area contributed by atoms with Crippen molar-refractivity contribution >= 4 is 16.9 Å². The van der Waals surface area contributed by atoms with Gasteiger partial charge in [-0.3, -0.25) is 9.36 Å². The molecule has 0 fully saturated rings. The predicted molar refractivity (Wildman–Crippen MR) is 94.3 cm³/mol. The number of aromatic nitrogens is 6. The molecule has 0 radical (unpaired) electrons. The van der Waals surface area contributed by atoms with Gasteiger partial charge in [-0.2, -0.15) is 10.2 Å². The molecule has 0 saturated heterocycles. The van der Waals surface area contributed by atoms with E-state index < -0.39 is 0 Å². The summed E-state index contributed by atoms with van der Waals surface area (Å²) in [6.45, 7) is 2.01. The van der Waals surface area contributed by atoms with Crippen LogP contribution in [0.3, 0.4) is 0 Å². The molecule has 2 N–H and O–H groups in total. The highest BCUT2D eigenvalue weighted by Crippen LogP contribution is 2.36. The highest BCUT2D eigenvalue weighted by atomic mass is 15.3. The summed E-state index contributed by atoms with van der Waals surface area (Å²) >= 11 is 0. The first-order chi connectivity index (χ1) is 11.5. The maximum absolute atomic E-state index is 6.32. The fourth-order valence-corrected chi connectivity index (χ4v) is 2.98. The van der Waals surface area contributed by atoms with Crippen molar-refractivity contribution in [2.45, 2.75) is 6.92 Å². The van der Waals surface area contributed by atoms with Gasteiger partial charge in [0.2, 0.25) is 0 Å². The molecule has 0 aliphatic carbocycles. The second kappa shape index (κ2) is 4.95. The van der Waals surface area contributed by atoms with Crippen LogP contribution in [0.2, 0.25) is 0 Å². The Labute approximate surface area is 139 Å². The fourth-order valence-electron chi connectivity index (χ4n) is 2.98. The smallest absolute Gasteiger partial charge is 0.146 e. The standard InChI is InChI=1S/C17H19N7/c1-10-9-12(20-23(10)3)15-14(16(18)24(4)21-15)17-19-11-7-5-6-8-13(11)22(17)2/h5-9H,18H2,1-4H3. The average Bonchev–Trinajstić information content (AvgIpc) is 3.17. The average molecular weight is 321 g/mol. The second-order valence-corrected chi connectivity index (χ2v) is 6.01. The SMILES string of the molecule is Cc1cc(-c2nn(C)c(N)c2-c2nc3ccccc3n2C)nn1C. The van der Waals surface area contributed by atoms with Crippen molar-refractivity contribution in [3.8, 4) is 22.8 Å². The zero-order chi connectivity index (χ0) is 17.0. The Hall–Kier alpha value is -3.09. The van der Waals surface area contributed by atoms with Gasteiger partial charge in [-0.25, -0.2) is 4.98 Å². The largest absolute Gasteiger partial charge is 0.383 e. The highest BCUT2D eigenvalue weighted by molar-refractivity contribution is 5.89. The Kier molecular flexibility index (Phi) is 2.99. The molecule has 1 aromatic carbocycles. The first-order valence-corrected chi connectivity index (χ1v) is 7.72. The minimum absolute atomic E-state index is 0.576. The summed E-state index contributed by atoms with van der Waals surface area (Å²) in [4.78, 5) is 4.77. The number of para-hydroxylation sites is 2. The molecule has 7 nitrogen and oxygen atoms in total.